The van der Waals surface area contributed by atoms with E-state index in [-0.39, 0.29) is 38.0 Å². The summed E-state index contributed by atoms with van der Waals surface area (Å²) in [6.07, 6.45) is 0.976. The first kappa shape index (κ1) is 22.4. The highest BCUT2D eigenvalue weighted by Gasteiger charge is 2.47. The maximum Gasteiger partial charge on any atom is 0.407 e. The summed E-state index contributed by atoms with van der Waals surface area (Å²) in [7, 11) is 0. The van der Waals surface area contributed by atoms with Gasteiger partial charge < -0.3 is 24.8 Å². The molecule has 8 heteroatoms. The summed E-state index contributed by atoms with van der Waals surface area (Å²) in [6.45, 7) is 1.09. The average Bonchev–Trinajstić information content (AvgIpc) is 3.56. The summed E-state index contributed by atoms with van der Waals surface area (Å²) >= 11 is 0. The fraction of sp³-hybridized carbons (Fsp3) is 0.423. The number of carbonyl (C=O) groups is 3. The molecule has 2 aromatic carbocycles. The number of carboxylic acid groups (broad SMARTS) is 1. The minimum atomic E-state index is -0.974. The molecule has 1 heterocycles. The number of alkyl carbamates (subject to hydrolysis) is 1. The molecular weight excluding hydrogens is 436 g/mol. The third kappa shape index (κ3) is 4.50. The number of carbonyl (C=O) groups excluding carboxylic acids is 2. The highest BCUT2D eigenvalue weighted by Crippen LogP contribution is 2.44. The molecule has 0 aromatic heterocycles. The van der Waals surface area contributed by atoms with Gasteiger partial charge in [0.2, 0.25) is 5.91 Å². The first-order valence-corrected chi connectivity index (χ1v) is 11.7. The fourth-order valence-corrected chi connectivity index (χ4v) is 4.94. The lowest BCUT2D eigenvalue weighted by atomic mass is 9.98. The topological polar surface area (TPSA) is 105 Å². The van der Waals surface area contributed by atoms with E-state index in [1.807, 2.05) is 24.3 Å². The van der Waals surface area contributed by atoms with Crippen LogP contribution in [0.25, 0.3) is 11.1 Å². The number of carboxylic acids is 1. The van der Waals surface area contributed by atoms with Crippen LogP contribution in [-0.4, -0.2) is 66.4 Å². The highest BCUT2D eigenvalue weighted by atomic mass is 16.5. The van der Waals surface area contributed by atoms with E-state index in [4.69, 9.17) is 9.47 Å². The van der Waals surface area contributed by atoms with Crippen LogP contribution in [-0.2, 0) is 19.1 Å². The van der Waals surface area contributed by atoms with Gasteiger partial charge in [0.05, 0.1) is 31.1 Å². The van der Waals surface area contributed by atoms with Crippen molar-refractivity contribution in [2.24, 2.45) is 5.92 Å². The van der Waals surface area contributed by atoms with Crippen molar-refractivity contribution in [1.82, 2.24) is 10.2 Å². The monoisotopic (exact) mass is 464 g/mol. The van der Waals surface area contributed by atoms with Crippen LogP contribution in [0.3, 0.4) is 0 Å². The second-order valence-corrected chi connectivity index (χ2v) is 9.36. The van der Waals surface area contributed by atoms with Crippen LogP contribution in [0.15, 0.2) is 48.5 Å². The lowest BCUT2D eigenvalue weighted by molar-refractivity contribution is -0.144. The zero-order valence-electron chi connectivity index (χ0n) is 18.9. The smallest absolute Gasteiger partial charge is 0.407 e. The van der Waals surface area contributed by atoms with Crippen LogP contribution in [0, 0.1) is 5.92 Å². The van der Waals surface area contributed by atoms with E-state index in [0.717, 1.165) is 22.3 Å². The zero-order chi connectivity index (χ0) is 23.7. The van der Waals surface area contributed by atoms with Crippen molar-refractivity contribution < 1.29 is 29.0 Å². The van der Waals surface area contributed by atoms with Gasteiger partial charge in [-0.05, 0) is 35.1 Å². The Kier molecular flexibility index (Phi) is 6.00. The Morgan fingerprint density at radius 2 is 1.71 bits per heavy atom. The molecule has 2 amide bonds. The molecule has 0 spiro atoms. The summed E-state index contributed by atoms with van der Waals surface area (Å²) in [5.41, 5.74) is 3.99. The summed E-state index contributed by atoms with van der Waals surface area (Å²) in [5, 5.41) is 12.2. The third-order valence-corrected chi connectivity index (χ3v) is 7.02. The number of nitrogens with zero attached hydrogens (tertiary/aromatic N) is 1. The molecule has 2 aromatic rings. The molecule has 5 rings (SSSR count). The summed E-state index contributed by atoms with van der Waals surface area (Å²) in [5.74, 6) is -1.91. The van der Waals surface area contributed by atoms with Crippen molar-refractivity contribution in [3.63, 3.8) is 0 Å². The van der Waals surface area contributed by atoms with Gasteiger partial charge in [0.25, 0.3) is 0 Å². The van der Waals surface area contributed by atoms with Crippen LogP contribution in [0.2, 0.25) is 0 Å². The normalized spacial score (nSPS) is 20.6. The second kappa shape index (κ2) is 9.10. The van der Waals surface area contributed by atoms with Gasteiger partial charge in [0, 0.05) is 19.0 Å². The van der Waals surface area contributed by atoms with Crippen molar-refractivity contribution in [1.29, 1.82) is 0 Å². The van der Waals surface area contributed by atoms with Crippen LogP contribution < -0.4 is 5.32 Å². The molecule has 0 radical (unpaired) electrons. The Morgan fingerprint density at radius 3 is 2.32 bits per heavy atom. The number of rotatable bonds is 6. The van der Waals surface area contributed by atoms with Crippen LogP contribution >= 0.6 is 0 Å². The van der Waals surface area contributed by atoms with E-state index >= 15 is 0 Å². The van der Waals surface area contributed by atoms with Gasteiger partial charge in [0.1, 0.15) is 6.61 Å². The van der Waals surface area contributed by atoms with E-state index in [0.29, 0.717) is 26.0 Å². The first-order valence-electron chi connectivity index (χ1n) is 11.7. The molecule has 1 aliphatic heterocycles. The molecular formula is C26H28N2O6. The number of amides is 2. The molecule has 2 N–H and O–H groups in total. The molecule has 1 saturated carbocycles. The Morgan fingerprint density at radius 1 is 1.06 bits per heavy atom. The van der Waals surface area contributed by atoms with E-state index < -0.39 is 23.5 Å². The number of fused-ring (bicyclic) bond motifs is 3. The van der Waals surface area contributed by atoms with Crippen molar-refractivity contribution in [3.05, 3.63) is 59.7 Å². The summed E-state index contributed by atoms with van der Waals surface area (Å²) in [6, 6.07) is 16.3. The SMILES string of the molecule is O=C(NC1(CC(=O)N2CCOCC(C(=O)O)C2)CC1)OCC1c2ccccc2-c2ccccc21. The van der Waals surface area contributed by atoms with E-state index in [2.05, 4.69) is 29.6 Å². The van der Waals surface area contributed by atoms with Crippen molar-refractivity contribution in [2.75, 3.05) is 32.9 Å². The molecule has 1 unspecified atom stereocenters. The predicted octanol–water partition coefficient (Wildman–Crippen LogP) is 3.01. The molecule has 8 nitrogen and oxygen atoms in total. The first-order chi connectivity index (χ1) is 16.5. The molecule has 34 heavy (non-hydrogen) atoms. The Hall–Kier alpha value is -3.39. The minimum Gasteiger partial charge on any atom is -0.481 e. The van der Waals surface area contributed by atoms with Gasteiger partial charge in [-0.15, -0.1) is 0 Å². The van der Waals surface area contributed by atoms with E-state index in [1.165, 1.54) is 4.90 Å². The Bertz CT molecular complexity index is 1070. The van der Waals surface area contributed by atoms with Gasteiger partial charge in [-0.3, -0.25) is 9.59 Å². The molecule has 1 saturated heterocycles. The fourth-order valence-electron chi connectivity index (χ4n) is 4.94. The number of benzene rings is 2. The number of hydrogen-bond acceptors (Lipinski definition) is 5. The zero-order valence-corrected chi connectivity index (χ0v) is 18.9. The summed E-state index contributed by atoms with van der Waals surface area (Å²) in [4.78, 5) is 38.5. The lowest BCUT2D eigenvalue weighted by Crippen LogP contribution is -2.44. The minimum absolute atomic E-state index is 0.0278. The summed E-state index contributed by atoms with van der Waals surface area (Å²) < 4.78 is 11.0. The molecule has 3 aliphatic rings. The standard InChI is InChI=1S/C26H28N2O6/c29-23(28-11-12-33-15-17(14-28)24(30)31)13-26(9-10-26)27-25(32)34-16-22-20-7-3-1-5-18(20)19-6-2-4-8-21(19)22/h1-8,17,22H,9-16H2,(H,27,32)(H,30,31). The van der Waals surface area contributed by atoms with Gasteiger partial charge in [0.15, 0.2) is 0 Å². The number of ether oxygens (including phenoxy) is 2. The largest absolute Gasteiger partial charge is 0.481 e. The second-order valence-electron chi connectivity index (χ2n) is 9.36. The quantitative estimate of drug-likeness (QED) is 0.681. The van der Waals surface area contributed by atoms with Gasteiger partial charge >= 0.3 is 12.1 Å². The van der Waals surface area contributed by atoms with Crippen molar-refractivity contribution in [2.45, 2.75) is 30.7 Å². The number of aliphatic carboxylic acids is 1. The molecule has 178 valence electrons. The average molecular weight is 465 g/mol. The van der Waals surface area contributed by atoms with E-state index in [9.17, 15) is 19.5 Å². The molecule has 1 atom stereocenters. The van der Waals surface area contributed by atoms with Crippen molar-refractivity contribution >= 4 is 18.0 Å². The molecule has 2 aliphatic carbocycles. The van der Waals surface area contributed by atoms with Gasteiger partial charge in [-0.1, -0.05) is 48.5 Å². The van der Waals surface area contributed by atoms with Gasteiger partial charge in [-0.2, -0.15) is 0 Å². The number of hydrogen-bond donors (Lipinski definition) is 2. The van der Waals surface area contributed by atoms with Gasteiger partial charge in [-0.25, -0.2) is 4.79 Å². The third-order valence-electron chi connectivity index (χ3n) is 7.02. The highest BCUT2D eigenvalue weighted by molar-refractivity contribution is 5.81. The van der Waals surface area contributed by atoms with Crippen LogP contribution in [0.5, 0.6) is 0 Å². The molecule has 2 fully saturated rings. The maximum absolute atomic E-state index is 12.9. The van der Waals surface area contributed by atoms with Crippen LogP contribution in [0.4, 0.5) is 4.79 Å². The van der Waals surface area contributed by atoms with E-state index in [1.54, 1.807) is 0 Å². The maximum atomic E-state index is 12.9. The lowest BCUT2D eigenvalue weighted by Gasteiger charge is -2.25. The Labute approximate surface area is 197 Å². The number of nitrogens with one attached hydrogen (secondary N) is 1. The Balaban J connectivity index is 1.18. The van der Waals surface area contributed by atoms with Crippen molar-refractivity contribution in [3.8, 4) is 11.1 Å². The van der Waals surface area contributed by atoms with Crippen LogP contribution in [0.1, 0.15) is 36.3 Å². The predicted molar refractivity (Wildman–Crippen MR) is 123 cm³/mol. The molecule has 0 bridgehead atoms.